The molecule has 0 saturated carbocycles. The lowest BCUT2D eigenvalue weighted by Gasteiger charge is -2.53. The minimum atomic E-state index is -3.51. The third-order valence-electron chi connectivity index (χ3n) is 24.8. The Bertz CT molecular complexity index is 3360. The van der Waals surface area contributed by atoms with Crippen molar-refractivity contribution in [3.63, 3.8) is 0 Å². The van der Waals surface area contributed by atoms with Crippen molar-refractivity contribution in [1.29, 1.82) is 0 Å². The third-order valence-corrected chi connectivity index (χ3v) is 24.8. The van der Waals surface area contributed by atoms with Crippen molar-refractivity contribution in [2.24, 2.45) is 0 Å². The number of carbonyl (C=O) groups excluding carboxylic acids is 5. The average Bonchev–Trinajstić information content (AvgIpc) is 1.65. The Morgan fingerprint density at radius 3 is 1.23 bits per heavy atom. The number of carboxylic acid groups (broad SMARTS) is 2. The molecule has 132 heavy (non-hydrogen) atoms. The molecule has 6 heterocycles. The molecule has 6 fully saturated rings. The van der Waals surface area contributed by atoms with E-state index in [9.17, 15) is 136 Å². The van der Waals surface area contributed by atoms with E-state index in [1.165, 1.54) is 115 Å². The summed E-state index contributed by atoms with van der Waals surface area (Å²) < 4.78 is 77.4. The predicted molar refractivity (Wildman–Crippen MR) is 459 cm³/mol. The fourth-order valence-electron chi connectivity index (χ4n) is 17.5. The van der Waals surface area contributed by atoms with E-state index in [0.717, 1.165) is 91.9 Å². The second kappa shape index (κ2) is 59.3. The van der Waals surface area contributed by atoms with Gasteiger partial charge in [-0.2, -0.15) is 0 Å². The highest BCUT2D eigenvalue weighted by Gasteiger charge is 2.64. The summed E-state index contributed by atoms with van der Waals surface area (Å²) in [6, 6.07) is -7.00. The third kappa shape index (κ3) is 34.7. The summed E-state index contributed by atoms with van der Waals surface area (Å²) >= 11 is 0. The Hall–Kier alpha value is -5.17. The zero-order chi connectivity index (χ0) is 97.5. The number of nitrogens with one attached hydrogen (secondary N) is 4. The maximum Gasteiger partial charge on any atom is 0.364 e. The van der Waals surface area contributed by atoms with Gasteiger partial charge >= 0.3 is 17.9 Å². The van der Waals surface area contributed by atoms with Crippen LogP contribution in [0.3, 0.4) is 0 Å². The van der Waals surface area contributed by atoms with Crippen LogP contribution in [0.25, 0.3) is 0 Å². The van der Waals surface area contributed by atoms with Crippen LogP contribution in [0.4, 0.5) is 0 Å². The molecule has 6 aliphatic heterocycles. The van der Waals surface area contributed by atoms with E-state index >= 15 is 0 Å². The number of hydrogen-bond donors (Lipinski definition) is 24. The summed E-state index contributed by atoms with van der Waals surface area (Å²) in [6.07, 6.45) is -30.0. The number of hydrogen-bond acceptors (Lipinski definition) is 38. The van der Waals surface area contributed by atoms with Gasteiger partial charge in [-0.05, 0) is 19.3 Å². The minimum absolute atomic E-state index is 0.0925. The summed E-state index contributed by atoms with van der Waals surface area (Å²) in [6.45, 7) is 0.291. The summed E-state index contributed by atoms with van der Waals surface area (Å²) in [5.41, 5.74) is 0. The number of carboxylic acids is 2. The number of allylic oxidation sites excluding steroid dienone is 1. The predicted octanol–water partition coefficient (Wildman–Crippen LogP) is -2.52. The largest absolute Gasteiger partial charge is 0.477 e. The van der Waals surface area contributed by atoms with E-state index in [0.29, 0.717) is 12.8 Å². The lowest BCUT2D eigenvalue weighted by atomic mass is 9.88. The van der Waals surface area contributed by atoms with Crippen LogP contribution in [0, 0.1) is 0 Å². The maximum atomic E-state index is 14.1. The number of amides is 4. The van der Waals surface area contributed by atoms with E-state index < -0.39 is 308 Å². The number of aliphatic hydroxyl groups excluding tert-OH is 18. The second-order valence-corrected chi connectivity index (χ2v) is 35.6. The van der Waals surface area contributed by atoms with Crippen LogP contribution >= 0.6 is 0 Å². The van der Waals surface area contributed by atoms with Crippen LogP contribution in [0.2, 0.25) is 0 Å². The first kappa shape index (κ1) is 116. The fraction of sp³-hybridized carbons (Fsp3) is 0.898. The van der Waals surface area contributed by atoms with Gasteiger partial charge in [0.15, 0.2) is 25.2 Å². The highest BCUT2D eigenvalue weighted by atomic mass is 16.8. The molecule has 0 aromatic heterocycles. The van der Waals surface area contributed by atoms with Crippen LogP contribution in [0.5, 0.6) is 0 Å². The molecule has 12 unspecified atom stereocenters. The van der Waals surface area contributed by atoms with Crippen molar-refractivity contribution >= 4 is 41.5 Å². The quantitative estimate of drug-likeness (QED) is 0.0170. The number of aliphatic carboxylic acids is 2. The molecule has 0 aromatic rings. The zero-order valence-corrected chi connectivity index (χ0v) is 76.8. The molecule has 0 aromatic carbocycles. The molecule has 6 aliphatic rings. The fourth-order valence-corrected chi connectivity index (χ4v) is 17.5. The van der Waals surface area contributed by atoms with Crippen molar-refractivity contribution < 1.29 is 197 Å². The second-order valence-electron chi connectivity index (χ2n) is 35.6. The van der Waals surface area contributed by atoms with E-state index in [-0.39, 0.29) is 6.42 Å². The first-order valence-corrected chi connectivity index (χ1v) is 47.1. The van der Waals surface area contributed by atoms with Crippen LogP contribution < -0.4 is 21.3 Å². The lowest BCUT2D eigenvalue weighted by Crippen LogP contribution is -2.72. The van der Waals surface area contributed by atoms with Crippen molar-refractivity contribution in [2.75, 3.05) is 46.2 Å². The Kier molecular flexibility index (Phi) is 51.9. The SMILES string of the molecule is CCCCCCCCCCCCC/C=C/[C@@H](O)[C@H](CO[C@@H]1OC(CO)[C@@H](O[C@@H]2OC(CO)[C@H](O[C@@H]3OC(CO)[C@H](O)[C@H](O[C@@H]4OC(CO)[C@H](O)[C@H](O[C@]5(C(=O)O)CC(O)[C@@H](NC(C)=O)C([C@H](O)[C@H](O)COC(C)=O)O5)C4O)C3NC(C)=O)[C@H](O[C@]3(C(=O)O)CC(O)[C@@H](NC(C)=O)C([C@H](O)[C@H](O)CO)O3)C2O)[C@H](O)C1O)NC(=O)CCCCCCCCCCCCCCCCCCC. The number of rotatable bonds is 62. The molecular weight excluding hydrogens is 1750 g/mol. The first-order valence-electron chi connectivity index (χ1n) is 47.1. The maximum absolute atomic E-state index is 14.1. The van der Waals surface area contributed by atoms with Crippen LogP contribution in [0.1, 0.15) is 247 Å². The van der Waals surface area contributed by atoms with E-state index in [1.807, 2.05) is 0 Å². The van der Waals surface area contributed by atoms with Crippen LogP contribution in [-0.2, 0) is 95.1 Å². The van der Waals surface area contributed by atoms with Gasteiger partial charge in [-0.1, -0.05) is 193 Å². The van der Waals surface area contributed by atoms with Gasteiger partial charge in [0.1, 0.15) is 141 Å². The van der Waals surface area contributed by atoms with Crippen molar-refractivity contribution in [1.82, 2.24) is 21.3 Å². The molecule has 0 bridgehead atoms. The molecular formula is C88H154N4O40. The molecule has 4 amide bonds. The normalized spacial score (nSPS) is 34.2. The Morgan fingerprint density at radius 2 is 0.788 bits per heavy atom. The van der Waals surface area contributed by atoms with Gasteiger partial charge in [-0.15, -0.1) is 0 Å². The van der Waals surface area contributed by atoms with E-state index in [1.54, 1.807) is 6.08 Å². The molecule has 24 N–H and O–H groups in total. The van der Waals surface area contributed by atoms with Crippen LogP contribution in [0.15, 0.2) is 12.2 Å². The van der Waals surface area contributed by atoms with Gasteiger partial charge < -0.3 is 185 Å². The van der Waals surface area contributed by atoms with E-state index in [4.69, 9.17) is 61.6 Å². The molecule has 44 nitrogen and oxygen atoms in total. The van der Waals surface area contributed by atoms with E-state index in [2.05, 4.69) is 35.1 Å². The van der Waals surface area contributed by atoms with Gasteiger partial charge in [0.2, 0.25) is 23.6 Å². The molecule has 34 atom stereocenters. The molecule has 44 heteroatoms. The first-order chi connectivity index (χ1) is 62.9. The van der Waals surface area contributed by atoms with Gasteiger partial charge in [0.25, 0.3) is 11.6 Å². The highest BCUT2D eigenvalue weighted by molar-refractivity contribution is 5.78. The van der Waals surface area contributed by atoms with Crippen molar-refractivity contribution in [2.45, 2.75) is 454 Å². The summed E-state index contributed by atoms with van der Waals surface area (Å²) in [7, 11) is 0. The number of esters is 1. The Morgan fingerprint density at radius 1 is 0.409 bits per heavy atom. The number of unbranched alkanes of at least 4 members (excludes halogenated alkanes) is 27. The summed E-state index contributed by atoms with van der Waals surface area (Å²) in [5.74, 6) is -15.6. The number of aliphatic hydroxyl groups is 18. The summed E-state index contributed by atoms with van der Waals surface area (Å²) in [5, 5.41) is 239. The number of ether oxygens (including phenoxy) is 13. The standard InChI is InChI=1S/C88H154N4O40/c1-7-9-11-13-15-17-19-21-22-23-24-26-28-30-32-34-36-38-62(107)92-52(53(102)37-35-33-31-29-27-25-20-18-16-14-12-10-8-2)46-121-82-71(113)70(112)74(60(44-96)124-82)126-84-73(115)80(132-88(86(118)119)40-55(104)63(89-48(3)98)77(129-88)66(108)56(105)41-93)75(61(45-97)125-84)127-81-65(91-50(5)100)76(68(110)58(42-94)122-81)128-83-72(114)79(69(111)59(43-95)123-83)131-87(85(116)117)39-54(103)64(90-49(4)99)78(130-87)67(109)57(106)47-120-51(6)101/h35,37,52-61,63-84,93-97,102-106,108-115H,7-34,36,38-47H2,1-6H3,(H,89,98)(H,90,99)(H,91,100)(H,92,107)(H,116,117)(H,118,119)/b37-35+/t52-,53+,54?,55?,56+,57+,58?,59?,60?,61?,63+,64+,65?,66+,67+,68-,69-,70+,71?,72?,73?,74+,75-,76+,77?,78?,79-,80+,81-,82+,83-,84-,87-,88-/m0/s1. The van der Waals surface area contributed by atoms with Gasteiger partial charge in [0, 0.05) is 47.0 Å². The number of carbonyl (C=O) groups is 7. The smallest absolute Gasteiger partial charge is 0.364 e. The van der Waals surface area contributed by atoms with Crippen molar-refractivity contribution in [3.05, 3.63) is 12.2 Å². The monoisotopic (exact) mass is 1910 g/mol. The molecule has 6 saturated heterocycles. The average molecular weight is 1910 g/mol. The Labute approximate surface area is 769 Å². The molecule has 766 valence electrons. The highest BCUT2D eigenvalue weighted by Crippen LogP contribution is 2.43. The molecule has 0 radical (unpaired) electrons. The Balaban J connectivity index is 1.29. The zero-order valence-electron chi connectivity index (χ0n) is 76.8. The van der Waals surface area contributed by atoms with Gasteiger partial charge in [-0.25, -0.2) is 9.59 Å². The van der Waals surface area contributed by atoms with Gasteiger partial charge in [-0.3, -0.25) is 24.0 Å². The summed E-state index contributed by atoms with van der Waals surface area (Å²) in [4.78, 5) is 91.7. The molecule has 0 aliphatic carbocycles. The van der Waals surface area contributed by atoms with Crippen LogP contribution in [-0.4, -0.2) is 397 Å². The lowest BCUT2D eigenvalue weighted by molar-refractivity contribution is -0.405. The molecule has 0 spiro atoms. The topological polar surface area (TPSA) is 692 Å². The van der Waals surface area contributed by atoms with Gasteiger partial charge in [0.05, 0.1) is 76.1 Å². The minimum Gasteiger partial charge on any atom is -0.477 e. The molecule has 6 rings (SSSR count). The van der Waals surface area contributed by atoms with Crippen molar-refractivity contribution in [3.8, 4) is 0 Å².